The highest BCUT2D eigenvalue weighted by molar-refractivity contribution is 7.99. The number of carbonyl (C=O) groups excluding carboxylic acids is 2. The third-order valence-electron chi connectivity index (χ3n) is 5.52. The predicted molar refractivity (Wildman–Crippen MR) is 108 cm³/mol. The molecule has 1 fully saturated rings. The number of fused-ring (bicyclic) bond motifs is 1. The summed E-state index contributed by atoms with van der Waals surface area (Å²) in [6.07, 6.45) is 4.74. The number of piperidine rings is 1. The lowest BCUT2D eigenvalue weighted by Gasteiger charge is -2.30. The number of amides is 2. The van der Waals surface area contributed by atoms with Crippen LogP contribution in [-0.2, 0) is 22.4 Å². The first-order chi connectivity index (χ1) is 13.5. The third kappa shape index (κ3) is 4.25. The van der Waals surface area contributed by atoms with Crippen LogP contribution in [0.5, 0.6) is 0 Å². The van der Waals surface area contributed by atoms with Crippen LogP contribution in [0.25, 0.3) is 10.8 Å². The molecule has 1 aliphatic carbocycles. The molecule has 0 bridgehead atoms. The molecule has 2 N–H and O–H groups in total. The Balaban J connectivity index is 1.32. The third-order valence-corrected chi connectivity index (χ3v) is 7.54. The molecule has 0 aromatic carbocycles. The van der Waals surface area contributed by atoms with Crippen LogP contribution < -0.4 is 5.73 Å². The lowest BCUT2D eigenvalue weighted by atomic mass is 9.90. The number of aryl methyl sites for hydroxylation is 1. The Bertz CT molecular complexity index is 870. The summed E-state index contributed by atoms with van der Waals surface area (Å²) in [5.41, 5.74) is 6.74. The number of nitrogens with zero attached hydrogens (tertiary/aromatic N) is 3. The minimum Gasteiger partial charge on any atom is -0.410 e. The van der Waals surface area contributed by atoms with Crippen molar-refractivity contribution in [3.8, 4) is 10.8 Å². The van der Waals surface area contributed by atoms with Gasteiger partial charge in [0.05, 0.1) is 10.6 Å². The van der Waals surface area contributed by atoms with Gasteiger partial charge in [0, 0.05) is 23.9 Å². The number of rotatable bonds is 5. The van der Waals surface area contributed by atoms with Crippen LogP contribution >= 0.6 is 23.1 Å². The molecule has 9 heteroatoms. The minimum atomic E-state index is -0.274. The summed E-state index contributed by atoms with van der Waals surface area (Å²) in [5.74, 6) is 1.14. The summed E-state index contributed by atoms with van der Waals surface area (Å²) in [4.78, 5) is 27.8. The second kappa shape index (κ2) is 8.24. The molecule has 3 heterocycles. The lowest BCUT2D eigenvalue weighted by Crippen LogP contribution is -2.42. The highest BCUT2D eigenvalue weighted by Gasteiger charge is 2.26. The molecule has 0 saturated carbocycles. The van der Waals surface area contributed by atoms with Crippen LogP contribution in [0.2, 0.25) is 0 Å². The number of hydrogen-bond donors (Lipinski definition) is 1. The summed E-state index contributed by atoms with van der Waals surface area (Å²) in [5, 5.41) is 8.66. The SMILES string of the molecule is C[C@@H]1CCc2sc(-c3nnc(SCC(=O)N4CCC(C(N)=O)CC4)o3)cc2C1. The second-order valence-electron chi connectivity index (χ2n) is 7.63. The molecule has 2 aromatic heterocycles. The Morgan fingerprint density at radius 1 is 1.32 bits per heavy atom. The van der Waals surface area contributed by atoms with Crippen molar-refractivity contribution in [2.24, 2.45) is 17.6 Å². The van der Waals surface area contributed by atoms with E-state index in [1.165, 1.54) is 28.6 Å². The molecule has 7 nitrogen and oxygen atoms in total. The molecule has 0 unspecified atom stereocenters. The molecule has 150 valence electrons. The molecular weight excluding hydrogens is 396 g/mol. The first-order valence-electron chi connectivity index (χ1n) is 9.65. The topological polar surface area (TPSA) is 102 Å². The highest BCUT2D eigenvalue weighted by Crippen LogP contribution is 2.37. The van der Waals surface area contributed by atoms with Crippen LogP contribution in [0.15, 0.2) is 15.7 Å². The smallest absolute Gasteiger partial charge is 0.277 e. The standard InChI is InChI=1S/C19H24N4O3S2/c1-11-2-3-14-13(8-11)9-15(28-14)18-21-22-19(26-18)27-10-16(24)23-6-4-12(5-7-23)17(20)25/h9,11-12H,2-8,10H2,1H3,(H2,20,25)/t11-/m1/s1. The van der Waals surface area contributed by atoms with Crippen molar-refractivity contribution in [3.05, 3.63) is 16.5 Å². The average Bonchev–Trinajstić information content (AvgIpc) is 3.32. The van der Waals surface area contributed by atoms with Crippen molar-refractivity contribution in [2.75, 3.05) is 18.8 Å². The van der Waals surface area contributed by atoms with E-state index in [4.69, 9.17) is 10.2 Å². The largest absolute Gasteiger partial charge is 0.410 e. The van der Waals surface area contributed by atoms with E-state index >= 15 is 0 Å². The number of hydrogen-bond acceptors (Lipinski definition) is 7. The summed E-state index contributed by atoms with van der Waals surface area (Å²) in [6, 6.07) is 2.17. The number of primary amides is 1. The maximum absolute atomic E-state index is 12.4. The Morgan fingerprint density at radius 3 is 2.86 bits per heavy atom. The maximum atomic E-state index is 12.4. The van der Waals surface area contributed by atoms with Gasteiger partial charge in [-0.2, -0.15) is 0 Å². The van der Waals surface area contributed by atoms with Crippen molar-refractivity contribution in [1.29, 1.82) is 0 Å². The van der Waals surface area contributed by atoms with Crippen LogP contribution in [0.1, 0.15) is 36.6 Å². The number of likely N-dealkylation sites (tertiary alicyclic amines) is 1. The van der Waals surface area contributed by atoms with Crippen molar-refractivity contribution < 1.29 is 14.0 Å². The molecule has 4 rings (SSSR count). The Morgan fingerprint density at radius 2 is 2.11 bits per heavy atom. The van der Waals surface area contributed by atoms with E-state index in [9.17, 15) is 9.59 Å². The summed E-state index contributed by atoms with van der Waals surface area (Å²) >= 11 is 3.00. The van der Waals surface area contributed by atoms with E-state index in [2.05, 4.69) is 23.2 Å². The normalized spacial score (nSPS) is 20.2. The number of nitrogens with two attached hydrogens (primary N) is 1. The molecule has 0 radical (unpaired) electrons. The van der Waals surface area contributed by atoms with Gasteiger partial charge in [-0.15, -0.1) is 21.5 Å². The van der Waals surface area contributed by atoms with Gasteiger partial charge in [0.15, 0.2) is 0 Å². The van der Waals surface area contributed by atoms with Gasteiger partial charge in [-0.3, -0.25) is 9.59 Å². The number of thiophene rings is 1. The Labute approximate surface area is 172 Å². The Kier molecular flexibility index (Phi) is 5.73. The molecule has 1 atom stereocenters. The van der Waals surface area contributed by atoms with Gasteiger partial charge in [0.1, 0.15) is 0 Å². The van der Waals surface area contributed by atoms with Crippen LogP contribution in [0, 0.1) is 11.8 Å². The first kappa shape index (κ1) is 19.4. The van der Waals surface area contributed by atoms with Gasteiger partial charge in [-0.1, -0.05) is 18.7 Å². The minimum absolute atomic E-state index is 0.0215. The number of aromatic nitrogens is 2. The molecule has 0 spiro atoms. The lowest BCUT2D eigenvalue weighted by molar-refractivity contribution is -0.132. The zero-order valence-corrected chi connectivity index (χ0v) is 17.5. The molecule has 1 aliphatic heterocycles. The fourth-order valence-corrected chi connectivity index (χ4v) is 5.60. The molecule has 2 amide bonds. The van der Waals surface area contributed by atoms with Gasteiger partial charge >= 0.3 is 0 Å². The van der Waals surface area contributed by atoms with Gasteiger partial charge in [-0.25, -0.2) is 0 Å². The highest BCUT2D eigenvalue weighted by atomic mass is 32.2. The van der Waals surface area contributed by atoms with E-state index in [1.54, 1.807) is 16.2 Å². The zero-order chi connectivity index (χ0) is 19.7. The van der Waals surface area contributed by atoms with E-state index in [-0.39, 0.29) is 23.5 Å². The van der Waals surface area contributed by atoms with E-state index in [0.29, 0.717) is 37.0 Å². The zero-order valence-electron chi connectivity index (χ0n) is 15.8. The first-order valence-corrected chi connectivity index (χ1v) is 11.4. The molecule has 2 aliphatic rings. The maximum Gasteiger partial charge on any atom is 0.277 e. The van der Waals surface area contributed by atoms with Crippen molar-refractivity contribution in [1.82, 2.24) is 15.1 Å². The second-order valence-corrected chi connectivity index (χ2v) is 9.69. The molecule has 1 saturated heterocycles. The van der Waals surface area contributed by atoms with Gasteiger partial charge in [0.2, 0.25) is 11.8 Å². The van der Waals surface area contributed by atoms with Gasteiger partial charge < -0.3 is 15.1 Å². The van der Waals surface area contributed by atoms with Gasteiger partial charge in [0.25, 0.3) is 11.1 Å². The van der Waals surface area contributed by atoms with Crippen LogP contribution in [0.3, 0.4) is 0 Å². The fraction of sp³-hybridized carbons (Fsp3) is 0.579. The van der Waals surface area contributed by atoms with E-state index in [1.807, 2.05) is 0 Å². The quantitative estimate of drug-likeness (QED) is 0.746. The Hall–Kier alpha value is -1.87. The van der Waals surface area contributed by atoms with Gasteiger partial charge in [-0.05, 0) is 49.7 Å². The summed E-state index contributed by atoms with van der Waals surface area (Å²) in [6.45, 7) is 3.43. The monoisotopic (exact) mass is 420 g/mol. The molecule has 28 heavy (non-hydrogen) atoms. The van der Waals surface area contributed by atoms with E-state index < -0.39 is 0 Å². The average molecular weight is 421 g/mol. The molecule has 2 aromatic rings. The number of carbonyl (C=O) groups is 2. The molecular formula is C19H24N4O3S2. The summed E-state index contributed by atoms with van der Waals surface area (Å²) in [7, 11) is 0. The van der Waals surface area contributed by atoms with Crippen molar-refractivity contribution >= 4 is 34.9 Å². The number of thioether (sulfide) groups is 1. The van der Waals surface area contributed by atoms with Crippen molar-refractivity contribution in [2.45, 2.75) is 44.3 Å². The fourth-order valence-electron chi connectivity index (χ4n) is 3.81. The van der Waals surface area contributed by atoms with Crippen LogP contribution in [-0.4, -0.2) is 45.8 Å². The predicted octanol–water partition coefficient (Wildman–Crippen LogP) is 2.74. The van der Waals surface area contributed by atoms with Crippen molar-refractivity contribution in [3.63, 3.8) is 0 Å². The summed E-state index contributed by atoms with van der Waals surface area (Å²) < 4.78 is 5.78. The van der Waals surface area contributed by atoms with Crippen LogP contribution in [0.4, 0.5) is 0 Å². The van der Waals surface area contributed by atoms with E-state index in [0.717, 1.165) is 23.6 Å².